The van der Waals surface area contributed by atoms with Crippen LogP contribution in [0.4, 0.5) is 0 Å². The van der Waals surface area contributed by atoms with E-state index in [1.54, 1.807) is 0 Å². The smallest absolute Gasteiger partial charge is 0.293 e. The van der Waals surface area contributed by atoms with E-state index in [2.05, 4.69) is 10.7 Å². The molecule has 1 unspecified atom stereocenters. The molecule has 0 aromatic heterocycles. The average Bonchev–Trinajstić information content (AvgIpc) is 1.91. The first-order valence-electron chi connectivity index (χ1n) is 2.86. The fourth-order valence-electron chi connectivity index (χ4n) is 0.439. The largest absolute Gasteiger partial charge is 0.467 e. The van der Waals surface area contributed by atoms with Crippen LogP contribution in [0.1, 0.15) is 13.3 Å². The molecule has 0 radical (unpaired) electrons. The van der Waals surface area contributed by atoms with Crippen LogP contribution in [0.5, 0.6) is 0 Å². The van der Waals surface area contributed by atoms with Gasteiger partial charge in [-0.3, -0.25) is 4.79 Å². The van der Waals surface area contributed by atoms with Crippen LogP contribution in [-0.2, 0) is 9.53 Å². The first kappa shape index (κ1) is 8.03. The first-order valence-corrected chi connectivity index (χ1v) is 2.86. The third-order valence-corrected chi connectivity index (χ3v) is 1.09. The highest BCUT2D eigenvalue weighted by Gasteiger charge is 1.99. The van der Waals surface area contributed by atoms with Crippen molar-refractivity contribution in [1.29, 1.82) is 0 Å². The van der Waals surface area contributed by atoms with Gasteiger partial charge in [-0.2, -0.15) is 0 Å². The van der Waals surface area contributed by atoms with Gasteiger partial charge in [0, 0.05) is 0 Å². The molecule has 2 nitrogen and oxygen atoms in total. The number of terminal acetylenes is 1. The topological polar surface area (TPSA) is 26.3 Å². The molecule has 0 bridgehead atoms. The lowest BCUT2D eigenvalue weighted by atomic mass is 10.1. The Morgan fingerprint density at radius 1 is 1.89 bits per heavy atom. The maximum atomic E-state index is 9.65. The molecule has 50 valence electrons. The van der Waals surface area contributed by atoms with E-state index >= 15 is 0 Å². The number of carbonyl (C=O) groups is 1. The van der Waals surface area contributed by atoms with Gasteiger partial charge in [0.25, 0.3) is 6.47 Å². The summed E-state index contributed by atoms with van der Waals surface area (Å²) in [5, 5.41) is 0. The minimum absolute atomic E-state index is 0.0789. The molecule has 0 saturated carbocycles. The van der Waals surface area contributed by atoms with Gasteiger partial charge < -0.3 is 4.74 Å². The molecule has 0 fully saturated rings. The van der Waals surface area contributed by atoms with Gasteiger partial charge in [-0.05, 0) is 6.42 Å². The SMILES string of the molecule is C#CC(CC)COC=O. The van der Waals surface area contributed by atoms with E-state index < -0.39 is 0 Å². The second-order valence-electron chi connectivity index (χ2n) is 1.70. The van der Waals surface area contributed by atoms with Crippen molar-refractivity contribution in [3.05, 3.63) is 0 Å². The fourth-order valence-corrected chi connectivity index (χ4v) is 0.439. The van der Waals surface area contributed by atoms with E-state index in [9.17, 15) is 4.79 Å². The normalized spacial score (nSPS) is 11.6. The first-order chi connectivity index (χ1) is 4.35. The summed E-state index contributed by atoms with van der Waals surface area (Å²) in [6, 6.07) is 0. The predicted molar refractivity (Wildman–Crippen MR) is 34.6 cm³/mol. The second kappa shape index (κ2) is 5.17. The van der Waals surface area contributed by atoms with Gasteiger partial charge in [0.05, 0.1) is 5.92 Å². The van der Waals surface area contributed by atoms with Crippen LogP contribution in [0.25, 0.3) is 0 Å². The molecule has 1 atom stereocenters. The fraction of sp³-hybridized carbons (Fsp3) is 0.571. The van der Waals surface area contributed by atoms with E-state index in [4.69, 9.17) is 6.42 Å². The van der Waals surface area contributed by atoms with Crippen LogP contribution in [0.15, 0.2) is 0 Å². The van der Waals surface area contributed by atoms with Crippen molar-refractivity contribution >= 4 is 6.47 Å². The summed E-state index contributed by atoms with van der Waals surface area (Å²) in [6.07, 6.45) is 5.93. The molecule has 0 amide bonds. The highest BCUT2D eigenvalue weighted by atomic mass is 16.5. The molecule has 0 aromatic carbocycles. The molecular weight excluding hydrogens is 116 g/mol. The standard InChI is InChI=1S/C7H10O2/c1-3-7(4-2)5-9-6-8/h1,6-7H,4-5H2,2H3. The molecule has 0 spiro atoms. The maximum Gasteiger partial charge on any atom is 0.293 e. The summed E-state index contributed by atoms with van der Waals surface area (Å²) < 4.78 is 4.45. The Hall–Kier alpha value is -0.970. The van der Waals surface area contributed by atoms with E-state index in [-0.39, 0.29) is 5.92 Å². The van der Waals surface area contributed by atoms with E-state index in [0.717, 1.165) is 6.42 Å². The minimum Gasteiger partial charge on any atom is -0.467 e. The second-order valence-corrected chi connectivity index (χ2v) is 1.70. The lowest BCUT2D eigenvalue weighted by molar-refractivity contribution is -0.129. The van der Waals surface area contributed by atoms with Crippen LogP contribution >= 0.6 is 0 Å². The molecule has 9 heavy (non-hydrogen) atoms. The van der Waals surface area contributed by atoms with E-state index in [1.165, 1.54) is 0 Å². The molecule has 0 saturated heterocycles. The Morgan fingerprint density at radius 2 is 2.56 bits per heavy atom. The zero-order valence-electron chi connectivity index (χ0n) is 5.46. The number of ether oxygens (including phenoxy) is 1. The lowest BCUT2D eigenvalue weighted by Gasteiger charge is -2.03. The van der Waals surface area contributed by atoms with Crippen LogP contribution in [-0.4, -0.2) is 13.1 Å². The summed E-state index contributed by atoms with van der Waals surface area (Å²) in [7, 11) is 0. The zero-order valence-corrected chi connectivity index (χ0v) is 5.46. The van der Waals surface area contributed by atoms with Crippen molar-refractivity contribution in [1.82, 2.24) is 0 Å². The molecule has 0 aromatic rings. The summed E-state index contributed by atoms with van der Waals surface area (Å²) in [6.45, 7) is 2.72. The Balaban J connectivity index is 3.34. The molecular formula is C7H10O2. The Bertz CT molecular complexity index is 113. The minimum atomic E-state index is 0.0789. The van der Waals surface area contributed by atoms with Gasteiger partial charge in [0.15, 0.2) is 0 Å². The third-order valence-electron chi connectivity index (χ3n) is 1.09. The summed E-state index contributed by atoms with van der Waals surface area (Å²) in [5.74, 6) is 2.58. The van der Waals surface area contributed by atoms with Gasteiger partial charge in [0.1, 0.15) is 6.61 Å². The van der Waals surface area contributed by atoms with Crippen molar-refractivity contribution in [2.75, 3.05) is 6.61 Å². The Morgan fingerprint density at radius 3 is 2.89 bits per heavy atom. The Kier molecular flexibility index (Phi) is 4.61. The van der Waals surface area contributed by atoms with Gasteiger partial charge in [-0.25, -0.2) is 0 Å². The van der Waals surface area contributed by atoms with Gasteiger partial charge >= 0.3 is 0 Å². The van der Waals surface area contributed by atoms with Crippen molar-refractivity contribution in [3.63, 3.8) is 0 Å². The monoisotopic (exact) mass is 126 g/mol. The van der Waals surface area contributed by atoms with Gasteiger partial charge in [0.2, 0.25) is 0 Å². The zero-order chi connectivity index (χ0) is 7.11. The number of rotatable bonds is 4. The van der Waals surface area contributed by atoms with Crippen molar-refractivity contribution < 1.29 is 9.53 Å². The quantitative estimate of drug-likeness (QED) is 0.411. The molecule has 0 aliphatic heterocycles. The highest BCUT2D eigenvalue weighted by Crippen LogP contribution is 1.98. The molecule has 0 aliphatic rings. The molecule has 0 aliphatic carbocycles. The highest BCUT2D eigenvalue weighted by molar-refractivity contribution is 5.37. The van der Waals surface area contributed by atoms with Crippen molar-refractivity contribution in [2.45, 2.75) is 13.3 Å². The average molecular weight is 126 g/mol. The molecule has 2 heteroatoms. The van der Waals surface area contributed by atoms with E-state index in [1.807, 2.05) is 6.92 Å². The summed E-state index contributed by atoms with van der Waals surface area (Å²) >= 11 is 0. The van der Waals surface area contributed by atoms with Crippen LogP contribution in [0.2, 0.25) is 0 Å². The molecule has 0 N–H and O–H groups in total. The predicted octanol–water partition coefficient (Wildman–Crippen LogP) is 0.819. The van der Waals surface area contributed by atoms with Crippen molar-refractivity contribution in [3.8, 4) is 12.3 Å². The summed E-state index contributed by atoms with van der Waals surface area (Å²) in [4.78, 5) is 9.65. The maximum absolute atomic E-state index is 9.65. The number of carbonyl (C=O) groups excluding carboxylic acids is 1. The molecule has 0 heterocycles. The van der Waals surface area contributed by atoms with E-state index in [0.29, 0.717) is 13.1 Å². The van der Waals surface area contributed by atoms with Crippen LogP contribution in [0, 0.1) is 18.3 Å². The van der Waals surface area contributed by atoms with Crippen LogP contribution in [0.3, 0.4) is 0 Å². The third kappa shape index (κ3) is 3.60. The number of hydrogen-bond donors (Lipinski definition) is 0. The van der Waals surface area contributed by atoms with Gasteiger partial charge in [-0.15, -0.1) is 6.42 Å². The Labute approximate surface area is 55.2 Å². The number of hydrogen-bond acceptors (Lipinski definition) is 2. The lowest BCUT2D eigenvalue weighted by Crippen LogP contribution is -2.04. The summed E-state index contributed by atoms with van der Waals surface area (Å²) in [5.41, 5.74) is 0. The van der Waals surface area contributed by atoms with Gasteiger partial charge in [-0.1, -0.05) is 12.8 Å². The molecule has 0 rings (SSSR count). The van der Waals surface area contributed by atoms with Crippen molar-refractivity contribution in [2.24, 2.45) is 5.92 Å². The van der Waals surface area contributed by atoms with Crippen LogP contribution < -0.4 is 0 Å².